The van der Waals surface area contributed by atoms with Gasteiger partial charge in [0.15, 0.2) is 0 Å². The third-order valence-corrected chi connectivity index (χ3v) is 1.46. The van der Waals surface area contributed by atoms with Gasteiger partial charge in [-0.2, -0.15) is 0 Å². The molecule has 0 aliphatic heterocycles. The lowest BCUT2D eigenvalue weighted by Crippen LogP contribution is -2.29. The Hall–Kier alpha value is -1.31. The molecule has 1 amide bonds. The summed E-state index contributed by atoms with van der Waals surface area (Å²) in [6.07, 6.45) is 0. The van der Waals surface area contributed by atoms with Crippen LogP contribution in [0.5, 0.6) is 0 Å². The van der Waals surface area contributed by atoms with Crippen molar-refractivity contribution in [3.8, 4) is 0 Å². The standard InChI is InChI=1S/C10H13NO/c1-8(2)11-10(12)9-6-4-3-5-7-9/h3-8H,1-2H3,(H,11,12)/i1+1,2+1,8+1. The van der Waals surface area contributed by atoms with E-state index in [9.17, 15) is 4.79 Å². The fraction of sp³-hybridized carbons (Fsp3) is 0.300. The van der Waals surface area contributed by atoms with E-state index in [-0.39, 0.29) is 11.9 Å². The van der Waals surface area contributed by atoms with Crippen LogP contribution in [0, 0.1) is 0 Å². The zero-order chi connectivity index (χ0) is 8.97. The molecule has 0 radical (unpaired) electrons. The summed E-state index contributed by atoms with van der Waals surface area (Å²) in [6, 6.07) is 9.41. The van der Waals surface area contributed by atoms with Crippen molar-refractivity contribution in [3.05, 3.63) is 35.9 Å². The van der Waals surface area contributed by atoms with Crippen molar-refractivity contribution >= 4 is 5.91 Å². The van der Waals surface area contributed by atoms with Gasteiger partial charge in [0, 0.05) is 11.6 Å². The largest absolute Gasteiger partial charge is 0.350 e. The zero-order valence-electron chi connectivity index (χ0n) is 7.37. The van der Waals surface area contributed by atoms with Crippen LogP contribution in [0.15, 0.2) is 30.3 Å². The molecular formula is C10H13NO. The third-order valence-electron chi connectivity index (χ3n) is 1.46. The maximum atomic E-state index is 11.3. The molecule has 1 rings (SSSR count). The van der Waals surface area contributed by atoms with Crippen LogP contribution in [0.3, 0.4) is 0 Å². The van der Waals surface area contributed by atoms with Crippen LogP contribution in [-0.2, 0) is 0 Å². The lowest BCUT2D eigenvalue weighted by atomic mass is 10.2. The molecule has 2 nitrogen and oxygen atoms in total. The van der Waals surface area contributed by atoms with Crippen LogP contribution in [0.1, 0.15) is 24.2 Å². The van der Waals surface area contributed by atoms with Gasteiger partial charge in [-0.05, 0) is 26.0 Å². The molecule has 0 bridgehead atoms. The molecule has 1 N–H and O–H groups in total. The molecule has 0 aliphatic carbocycles. The first-order valence-electron chi connectivity index (χ1n) is 4.06. The number of nitrogens with one attached hydrogen (secondary N) is 1. The predicted octanol–water partition coefficient (Wildman–Crippen LogP) is 1.82. The van der Waals surface area contributed by atoms with Gasteiger partial charge >= 0.3 is 0 Å². The van der Waals surface area contributed by atoms with E-state index in [1.165, 1.54) is 0 Å². The topological polar surface area (TPSA) is 29.1 Å². The molecule has 1 aromatic carbocycles. The molecule has 0 spiro atoms. The minimum Gasteiger partial charge on any atom is -0.350 e. The summed E-state index contributed by atoms with van der Waals surface area (Å²) in [5, 5.41) is 2.82. The van der Waals surface area contributed by atoms with Gasteiger partial charge in [0.1, 0.15) is 0 Å². The third kappa shape index (κ3) is 2.38. The molecule has 2 heteroatoms. The summed E-state index contributed by atoms with van der Waals surface area (Å²) in [7, 11) is 0. The van der Waals surface area contributed by atoms with E-state index in [2.05, 4.69) is 5.32 Å². The summed E-state index contributed by atoms with van der Waals surface area (Å²) < 4.78 is 0. The van der Waals surface area contributed by atoms with Gasteiger partial charge in [-0.3, -0.25) is 4.79 Å². The molecule has 0 atom stereocenters. The molecular weight excluding hydrogens is 153 g/mol. The van der Waals surface area contributed by atoms with Crippen molar-refractivity contribution in [2.45, 2.75) is 19.9 Å². The lowest BCUT2D eigenvalue weighted by molar-refractivity contribution is 0.0943. The van der Waals surface area contributed by atoms with Gasteiger partial charge in [0.05, 0.1) is 0 Å². The highest BCUT2D eigenvalue weighted by Crippen LogP contribution is 1.98. The van der Waals surface area contributed by atoms with Crippen molar-refractivity contribution in [3.63, 3.8) is 0 Å². The van der Waals surface area contributed by atoms with Crippen LogP contribution >= 0.6 is 0 Å². The Morgan fingerprint density at radius 2 is 1.83 bits per heavy atom. The van der Waals surface area contributed by atoms with Gasteiger partial charge in [-0.25, -0.2) is 0 Å². The van der Waals surface area contributed by atoms with Gasteiger partial charge in [-0.1, -0.05) is 18.2 Å². The maximum Gasteiger partial charge on any atom is 0.251 e. The number of benzene rings is 1. The van der Waals surface area contributed by atoms with E-state index in [0.717, 1.165) is 0 Å². The van der Waals surface area contributed by atoms with Gasteiger partial charge in [0.2, 0.25) is 0 Å². The van der Waals surface area contributed by atoms with Crippen molar-refractivity contribution in [1.29, 1.82) is 0 Å². The fourth-order valence-corrected chi connectivity index (χ4v) is 0.935. The quantitative estimate of drug-likeness (QED) is 0.667. The Bertz CT molecular complexity index is 254. The van der Waals surface area contributed by atoms with Crippen LogP contribution in [0.4, 0.5) is 0 Å². The smallest absolute Gasteiger partial charge is 0.251 e. The Balaban J connectivity index is 2.66. The summed E-state index contributed by atoms with van der Waals surface area (Å²) in [5.41, 5.74) is 0.714. The monoisotopic (exact) mass is 166 g/mol. The van der Waals surface area contributed by atoms with Crippen molar-refractivity contribution < 1.29 is 4.79 Å². The molecule has 64 valence electrons. The highest BCUT2D eigenvalue weighted by Gasteiger charge is 2.04. The number of rotatable bonds is 2. The first-order chi connectivity index (χ1) is 5.70. The van der Waals surface area contributed by atoms with E-state index in [1.54, 1.807) is 12.1 Å². The second-order valence-electron chi connectivity index (χ2n) is 2.99. The SMILES string of the molecule is [13CH3][13CH]([13CH3])NC(=O)c1ccccc1. The molecule has 0 aromatic heterocycles. The predicted molar refractivity (Wildman–Crippen MR) is 49.0 cm³/mol. The average Bonchev–Trinajstić information content (AvgIpc) is 2.05. The van der Waals surface area contributed by atoms with Gasteiger partial charge in [-0.15, -0.1) is 0 Å². The first-order valence-corrected chi connectivity index (χ1v) is 4.06. The minimum absolute atomic E-state index is 0.00870. The number of carbonyl (C=O) groups is 1. The van der Waals surface area contributed by atoms with Crippen molar-refractivity contribution in [2.75, 3.05) is 0 Å². The van der Waals surface area contributed by atoms with Crippen LogP contribution in [-0.4, -0.2) is 11.9 Å². The van der Waals surface area contributed by atoms with E-state index >= 15 is 0 Å². The van der Waals surface area contributed by atoms with Gasteiger partial charge in [0.25, 0.3) is 5.91 Å². The average molecular weight is 166 g/mol. The molecule has 0 saturated heterocycles. The normalized spacial score (nSPS) is 9.92. The Morgan fingerprint density at radius 1 is 1.25 bits per heavy atom. The molecule has 0 fully saturated rings. The number of hydrogen-bond acceptors (Lipinski definition) is 1. The Morgan fingerprint density at radius 3 is 2.33 bits per heavy atom. The highest BCUT2D eigenvalue weighted by atomic mass is 16.2. The molecule has 1 aromatic rings. The van der Waals surface area contributed by atoms with E-state index in [0.29, 0.717) is 5.56 Å². The van der Waals surface area contributed by atoms with Crippen molar-refractivity contribution in [1.82, 2.24) is 5.32 Å². The molecule has 0 unspecified atom stereocenters. The summed E-state index contributed by atoms with van der Waals surface area (Å²) in [5.74, 6) is -0.00870. The van der Waals surface area contributed by atoms with Crippen LogP contribution < -0.4 is 5.32 Å². The summed E-state index contributed by atoms with van der Waals surface area (Å²) in [6.45, 7) is 3.89. The van der Waals surface area contributed by atoms with Crippen LogP contribution in [0.25, 0.3) is 0 Å². The summed E-state index contributed by atoms with van der Waals surface area (Å²) in [4.78, 5) is 11.3. The molecule has 0 saturated carbocycles. The first kappa shape index (κ1) is 8.78. The number of hydrogen-bond donors (Lipinski definition) is 1. The van der Waals surface area contributed by atoms with Crippen LogP contribution in [0.2, 0.25) is 0 Å². The highest BCUT2D eigenvalue weighted by molar-refractivity contribution is 5.94. The minimum atomic E-state index is -0.00870. The second-order valence-corrected chi connectivity index (χ2v) is 2.99. The summed E-state index contributed by atoms with van der Waals surface area (Å²) >= 11 is 0. The number of amides is 1. The Kier molecular flexibility index (Phi) is 2.86. The lowest BCUT2D eigenvalue weighted by Gasteiger charge is -2.07. The van der Waals surface area contributed by atoms with E-state index in [1.807, 2.05) is 32.0 Å². The van der Waals surface area contributed by atoms with E-state index in [4.69, 9.17) is 0 Å². The molecule has 12 heavy (non-hydrogen) atoms. The van der Waals surface area contributed by atoms with Gasteiger partial charge < -0.3 is 5.32 Å². The maximum absolute atomic E-state index is 11.3. The Labute approximate surface area is 72.6 Å². The van der Waals surface area contributed by atoms with Crippen molar-refractivity contribution in [2.24, 2.45) is 0 Å². The zero-order valence-corrected chi connectivity index (χ0v) is 7.37. The molecule has 0 heterocycles. The molecule has 0 aliphatic rings. The second kappa shape index (κ2) is 3.90. The number of carbonyl (C=O) groups excluding carboxylic acids is 1. The van der Waals surface area contributed by atoms with E-state index < -0.39 is 0 Å². The fourth-order valence-electron chi connectivity index (χ4n) is 0.935.